The molecule has 0 amide bonds. The molecule has 1 aromatic rings. The van der Waals surface area contributed by atoms with Gasteiger partial charge in [-0.3, -0.25) is 0 Å². The third-order valence-corrected chi connectivity index (χ3v) is 2.72. The minimum absolute atomic E-state index is 0.372. The molecule has 1 heterocycles. The van der Waals surface area contributed by atoms with Gasteiger partial charge >= 0.3 is 0 Å². The third-order valence-electron chi connectivity index (χ3n) is 2.26. The molecule has 1 N–H and O–H groups in total. The minimum Gasteiger partial charge on any atom is -0.388 e. The number of pyridine rings is 1. The Morgan fingerprint density at radius 1 is 1.29 bits per heavy atom. The Kier molecular flexibility index (Phi) is 6.65. The summed E-state index contributed by atoms with van der Waals surface area (Å²) in [4.78, 5) is 4.07. The van der Waals surface area contributed by atoms with Crippen LogP contribution in [0, 0.1) is 0 Å². The summed E-state index contributed by atoms with van der Waals surface area (Å²) in [7, 11) is 0. The second-order valence-electron chi connectivity index (χ2n) is 3.51. The Morgan fingerprint density at radius 2 is 1.94 bits per heavy atom. The first-order valence-electron chi connectivity index (χ1n) is 5.70. The van der Waals surface area contributed by atoms with Crippen molar-refractivity contribution in [3.63, 3.8) is 0 Å². The van der Waals surface area contributed by atoms with Crippen molar-refractivity contribution in [3.8, 4) is 0 Å². The quantitative estimate of drug-likeness (QED) is 0.621. The predicted molar refractivity (Wildman–Crippen MR) is 68.6 cm³/mol. The number of ether oxygens (including phenoxy) is 2. The molecule has 1 aromatic heterocycles. The van der Waals surface area contributed by atoms with Gasteiger partial charge in [0.1, 0.15) is 4.60 Å². The number of nitrogens with zero attached hydrogens (tertiary/aromatic N) is 1. The van der Waals surface area contributed by atoms with Gasteiger partial charge in [0.25, 0.3) is 0 Å². The van der Waals surface area contributed by atoms with E-state index in [2.05, 4.69) is 20.9 Å². The number of aromatic nitrogens is 1. The maximum absolute atomic E-state index is 10.0. The third kappa shape index (κ3) is 5.12. The van der Waals surface area contributed by atoms with Crippen LogP contribution in [0.5, 0.6) is 0 Å². The van der Waals surface area contributed by atoms with E-state index in [1.807, 2.05) is 19.9 Å². The summed E-state index contributed by atoms with van der Waals surface area (Å²) in [6.45, 7) is 4.94. The highest BCUT2D eigenvalue weighted by Crippen LogP contribution is 2.20. The van der Waals surface area contributed by atoms with Crippen LogP contribution < -0.4 is 0 Å². The summed E-state index contributed by atoms with van der Waals surface area (Å²) in [6, 6.07) is 3.63. The van der Waals surface area contributed by atoms with Gasteiger partial charge in [-0.1, -0.05) is 6.07 Å². The minimum atomic E-state index is -0.626. The van der Waals surface area contributed by atoms with E-state index < -0.39 is 6.10 Å². The maximum Gasteiger partial charge on any atom is 0.160 e. The number of aliphatic hydroxyl groups is 1. The molecule has 4 nitrogen and oxygen atoms in total. The molecule has 1 rings (SSSR count). The zero-order valence-corrected chi connectivity index (χ0v) is 11.7. The first-order valence-corrected chi connectivity index (χ1v) is 6.49. The summed E-state index contributed by atoms with van der Waals surface area (Å²) in [5.74, 6) is 0. The lowest BCUT2D eigenvalue weighted by Gasteiger charge is -2.20. The van der Waals surface area contributed by atoms with E-state index in [4.69, 9.17) is 9.47 Å². The summed E-state index contributed by atoms with van der Waals surface area (Å²) < 4.78 is 11.5. The lowest BCUT2D eigenvalue weighted by Crippen LogP contribution is -2.20. The second kappa shape index (κ2) is 7.76. The van der Waals surface area contributed by atoms with Gasteiger partial charge in [0, 0.05) is 25.8 Å². The van der Waals surface area contributed by atoms with E-state index in [-0.39, 0.29) is 6.29 Å². The molecule has 0 saturated carbocycles. The van der Waals surface area contributed by atoms with Crippen molar-refractivity contribution >= 4 is 15.9 Å². The van der Waals surface area contributed by atoms with E-state index in [9.17, 15) is 5.11 Å². The monoisotopic (exact) mass is 303 g/mol. The zero-order valence-electron chi connectivity index (χ0n) is 10.1. The molecular weight excluding hydrogens is 286 g/mol. The second-order valence-corrected chi connectivity index (χ2v) is 4.32. The highest BCUT2D eigenvalue weighted by atomic mass is 79.9. The largest absolute Gasteiger partial charge is 0.388 e. The van der Waals surface area contributed by atoms with Crippen molar-refractivity contribution in [1.82, 2.24) is 4.98 Å². The van der Waals surface area contributed by atoms with Crippen LogP contribution in [0.3, 0.4) is 0 Å². The number of hydrogen-bond acceptors (Lipinski definition) is 4. The molecule has 0 radical (unpaired) electrons. The van der Waals surface area contributed by atoms with Gasteiger partial charge in [0.05, 0.1) is 6.10 Å². The smallest absolute Gasteiger partial charge is 0.160 e. The van der Waals surface area contributed by atoms with E-state index >= 15 is 0 Å². The normalized spacial score (nSPS) is 13.0. The molecule has 1 atom stereocenters. The summed E-state index contributed by atoms with van der Waals surface area (Å²) in [5, 5.41) is 10.0. The van der Waals surface area contributed by atoms with E-state index in [0.717, 1.165) is 10.2 Å². The topological polar surface area (TPSA) is 51.6 Å². The van der Waals surface area contributed by atoms with Gasteiger partial charge in [-0.15, -0.1) is 0 Å². The van der Waals surface area contributed by atoms with Gasteiger partial charge in [0.15, 0.2) is 6.29 Å². The lowest BCUT2D eigenvalue weighted by molar-refractivity contribution is -0.153. The van der Waals surface area contributed by atoms with Gasteiger partial charge in [-0.2, -0.15) is 0 Å². The van der Waals surface area contributed by atoms with Gasteiger partial charge in [-0.05, 0) is 41.4 Å². The molecule has 17 heavy (non-hydrogen) atoms. The summed E-state index contributed by atoms with van der Waals surface area (Å²) in [5.41, 5.74) is 0.762. The van der Waals surface area contributed by atoms with E-state index in [1.54, 1.807) is 12.3 Å². The Morgan fingerprint density at radius 3 is 2.41 bits per heavy atom. The van der Waals surface area contributed by atoms with E-state index in [1.165, 1.54) is 0 Å². The molecular formula is C12H18BrNO3. The predicted octanol–water partition coefficient (Wildman–Crippen LogP) is 2.67. The van der Waals surface area contributed by atoms with Crippen molar-refractivity contribution < 1.29 is 14.6 Å². The molecule has 0 saturated heterocycles. The molecule has 0 aromatic carbocycles. The summed E-state index contributed by atoms with van der Waals surface area (Å²) in [6.07, 6.45) is 1.05. The molecule has 96 valence electrons. The fourth-order valence-corrected chi connectivity index (χ4v) is 1.69. The number of hydrogen-bond donors (Lipinski definition) is 1. The number of halogens is 1. The van der Waals surface area contributed by atoms with Crippen molar-refractivity contribution in [2.24, 2.45) is 0 Å². The number of aliphatic hydroxyl groups excluding tert-OH is 1. The van der Waals surface area contributed by atoms with Gasteiger partial charge in [-0.25, -0.2) is 4.98 Å². The molecule has 0 fully saturated rings. The molecule has 0 bridgehead atoms. The van der Waals surface area contributed by atoms with E-state index in [0.29, 0.717) is 19.6 Å². The molecule has 0 unspecified atom stereocenters. The average Bonchev–Trinajstić information content (AvgIpc) is 2.30. The number of rotatable bonds is 7. The van der Waals surface area contributed by atoms with Crippen LogP contribution in [0.4, 0.5) is 0 Å². The van der Waals surface area contributed by atoms with Crippen molar-refractivity contribution in [2.45, 2.75) is 32.7 Å². The Balaban J connectivity index is 2.56. The highest BCUT2D eigenvalue weighted by Gasteiger charge is 2.16. The van der Waals surface area contributed by atoms with Crippen LogP contribution in [-0.2, 0) is 9.47 Å². The van der Waals surface area contributed by atoms with Crippen molar-refractivity contribution in [1.29, 1.82) is 0 Å². The van der Waals surface area contributed by atoms with Crippen LogP contribution in [0.15, 0.2) is 22.9 Å². The maximum atomic E-state index is 10.0. The molecule has 0 aliphatic carbocycles. The van der Waals surface area contributed by atoms with Crippen LogP contribution in [0.25, 0.3) is 0 Å². The average molecular weight is 304 g/mol. The first-order chi connectivity index (χ1) is 8.17. The SMILES string of the molecule is CCOC(C[C@@H](O)c1ccc(Br)nc1)OCC. The van der Waals surface area contributed by atoms with Gasteiger partial charge in [0.2, 0.25) is 0 Å². The summed E-state index contributed by atoms with van der Waals surface area (Å²) >= 11 is 3.25. The molecule has 0 aliphatic rings. The van der Waals surface area contributed by atoms with Crippen LogP contribution >= 0.6 is 15.9 Å². The standard InChI is InChI=1S/C12H18BrNO3/c1-3-16-12(17-4-2)7-10(15)9-5-6-11(13)14-8-9/h5-6,8,10,12,15H,3-4,7H2,1-2H3/t10-/m1/s1. The first kappa shape index (κ1) is 14.6. The highest BCUT2D eigenvalue weighted by molar-refractivity contribution is 9.10. The van der Waals surface area contributed by atoms with Gasteiger partial charge < -0.3 is 14.6 Å². The Bertz CT molecular complexity index is 312. The van der Waals surface area contributed by atoms with Crippen molar-refractivity contribution in [2.75, 3.05) is 13.2 Å². The lowest BCUT2D eigenvalue weighted by atomic mass is 10.1. The van der Waals surface area contributed by atoms with Crippen molar-refractivity contribution in [3.05, 3.63) is 28.5 Å². The molecule has 5 heteroatoms. The zero-order chi connectivity index (χ0) is 12.7. The van der Waals surface area contributed by atoms with Crippen LogP contribution in [0.2, 0.25) is 0 Å². The Labute approximate surface area is 110 Å². The van der Waals surface area contributed by atoms with Crippen LogP contribution in [-0.4, -0.2) is 29.6 Å². The Hall–Kier alpha value is -0.490. The molecule has 0 aliphatic heterocycles. The molecule has 0 spiro atoms. The fourth-order valence-electron chi connectivity index (χ4n) is 1.46. The fraction of sp³-hybridized carbons (Fsp3) is 0.583. The van der Waals surface area contributed by atoms with Crippen LogP contribution in [0.1, 0.15) is 31.9 Å².